The maximum atomic E-state index is 12.6. The molecule has 1 aliphatic carbocycles. The molecule has 25 heavy (non-hydrogen) atoms. The van der Waals surface area contributed by atoms with Gasteiger partial charge in [0, 0.05) is 37.2 Å². The lowest BCUT2D eigenvalue weighted by Gasteiger charge is -2.42. The molecule has 0 spiro atoms. The van der Waals surface area contributed by atoms with Crippen molar-refractivity contribution in [1.29, 1.82) is 0 Å². The highest BCUT2D eigenvalue weighted by molar-refractivity contribution is 5.94. The third kappa shape index (κ3) is 4.95. The average molecular weight is 346 g/mol. The van der Waals surface area contributed by atoms with E-state index in [0.29, 0.717) is 11.3 Å². The van der Waals surface area contributed by atoms with Gasteiger partial charge in [0.25, 0.3) is 5.91 Å². The van der Waals surface area contributed by atoms with Crippen molar-refractivity contribution < 1.29 is 14.3 Å². The van der Waals surface area contributed by atoms with Crippen molar-refractivity contribution in [2.45, 2.75) is 32.1 Å². The summed E-state index contributed by atoms with van der Waals surface area (Å²) in [5.41, 5.74) is 0.862. The predicted octanol–water partition coefficient (Wildman–Crippen LogP) is 2.71. The Morgan fingerprint density at radius 1 is 1.24 bits per heavy atom. The topological polar surface area (TPSA) is 50.8 Å². The molecule has 0 bridgehead atoms. The Hall–Kier alpha value is -1.59. The molecule has 0 radical (unpaired) electrons. The summed E-state index contributed by atoms with van der Waals surface area (Å²) in [7, 11) is 1.62. The summed E-state index contributed by atoms with van der Waals surface area (Å²) in [6.45, 7) is 5.48. The van der Waals surface area contributed by atoms with E-state index in [1.807, 2.05) is 18.2 Å². The van der Waals surface area contributed by atoms with E-state index in [0.717, 1.165) is 39.4 Å². The highest BCUT2D eigenvalue weighted by Gasteiger charge is 2.34. The summed E-state index contributed by atoms with van der Waals surface area (Å²) >= 11 is 0. The van der Waals surface area contributed by atoms with Crippen LogP contribution in [-0.4, -0.2) is 57.3 Å². The minimum Gasteiger partial charge on any atom is -0.497 e. The molecule has 0 unspecified atom stereocenters. The molecule has 1 saturated heterocycles. The van der Waals surface area contributed by atoms with Crippen molar-refractivity contribution in [3.05, 3.63) is 29.8 Å². The van der Waals surface area contributed by atoms with Gasteiger partial charge in [-0.1, -0.05) is 25.3 Å². The summed E-state index contributed by atoms with van der Waals surface area (Å²) in [5, 5.41) is 3.20. The quantitative estimate of drug-likeness (QED) is 0.860. The molecule has 1 amide bonds. The fourth-order valence-corrected chi connectivity index (χ4v) is 4.06. The third-order valence-corrected chi connectivity index (χ3v) is 5.53. The van der Waals surface area contributed by atoms with Gasteiger partial charge in [-0.05, 0) is 31.0 Å². The van der Waals surface area contributed by atoms with Crippen LogP contribution in [0.5, 0.6) is 5.75 Å². The van der Waals surface area contributed by atoms with E-state index in [9.17, 15) is 4.79 Å². The highest BCUT2D eigenvalue weighted by Crippen LogP contribution is 2.36. The van der Waals surface area contributed by atoms with Crippen LogP contribution in [0, 0.1) is 5.41 Å². The molecule has 1 N–H and O–H groups in total. The van der Waals surface area contributed by atoms with Crippen LogP contribution in [0.2, 0.25) is 0 Å². The minimum absolute atomic E-state index is 0.00849. The fourth-order valence-electron chi connectivity index (χ4n) is 4.06. The SMILES string of the molecule is COc1cccc(C(=O)NCC2(CN3CCOCC3)CCCCC2)c1. The van der Waals surface area contributed by atoms with E-state index in [-0.39, 0.29) is 11.3 Å². The molecule has 5 nitrogen and oxygen atoms in total. The second-order valence-electron chi connectivity index (χ2n) is 7.36. The van der Waals surface area contributed by atoms with Crippen LogP contribution < -0.4 is 10.1 Å². The molecule has 5 heteroatoms. The van der Waals surface area contributed by atoms with Crippen molar-refractivity contribution in [3.8, 4) is 5.75 Å². The van der Waals surface area contributed by atoms with Crippen LogP contribution in [0.15, 0.2) is 24.3 Å². The van der Waals surface area contributed by atoms with Crippen LogP contribution in [0.4, 0.5) is 0 Å². The Morgan fingerprint density at radius 3 is 2.72 bits per heavy atom. The summed E-state index contributed by atoms with van der Waals surface area (Å²) in [5.74, 6) is 0.708. The summed E-state index contributed by atoms with van der Waals surface area (Å²) in [6.07, 6.45) is 6.24. The zero-order chi connectivity index (χ0) is 17.5. The molecule has 1 saturated carbocycles. The minimum atomic E-state index is -0.00849. The van der Waals surface area contributed by atoms with Gasteiger partial charge in [0.2, 0.25) is 0 Å². The second-order valence-corrected chi connectivity index (χ2v) is 7.36. The zero-order valence-corrected chi connectivity index (χ0v) is 15.3. The van der Waals surface area contributed by atoms with Crippen LogP contribution in [0.1, 0.15) is 42.5 Å². The number of hydrogen-bond donors (Lipinski definition) is 1. The molecule has 0 atom stereocenters. The van der Waals surface area contributed by atoms with Crippen molar-refractivity contribution >= 4 is 5.91 Å². The van der Waals surface area contributed by atoms with Crippen molar-refractivity contribution in [3.63, 3.8) is 0 Å². The van der Waals surface area contributed by atoms with Gasteiger partial charge < -0.3 is 14.8 Å². The Balaban J connectivity index is 1.62. The van der Waals surface area contributed by atoms with E-state index >= 15 is 0 Å². The number of carbonyl (C=O) groups excluding carboxylic acids is 1. The van der Waals surface area contributed by atoms with Crippen LogP contribution in [-0.2, 0) is 4.74 Å². The molecule has 138 valence electrons. The zero-order valence-electron chi connectivity index (χ0n) is 15.3. The number of rotatable bonds is 6. The lowest BCUT2D eigenvalue weighted by atomic mass is 9.73. The summed E-state index contributed by atoms with van der Waals surface area (Å²) in [4.78, 5) is 15.1. The maximum absolute atomic E-state index is 12.6. The molecular weight excluding hydrogens is 316 g/mol. The molecule has 1 aliphatic heterocycles. The molecule has 3 rings (SSSR count). The second kappa shape index (κ2) is 8.68. The number of methoxy groups -OCH3 is 1. The molecule has 1 aromatic rings. The first-order valence-electron chi connectivity index (χ1n) is 9.43. The van der Waals surface area contributed by atoms with Gasteiger partial charge in [-0.3, -0.25) is 9.69 Å². The van der Waals surface area contributed by atoms with Crippen molar-refractivity contribution in [1.82, 2.24) is 10.2 Å². The Labute approximate surface area is 150 Å². The first-order chi connectivity index (χ1) is 12.2. The number of carbonyl (C=O) groups is 1. The van der Waals surface area contributed by atoms with Gasteiger partial charge >= 0.3 is 0 Å². The van der Waals surface area contributed by atoms with Gasteiger partial charge in [0.1, 0.15) is 5.75 Å². The first-order valence-corrected chi connectivity index (χ1v) is 9.43. The molecule has 1 heterocycles. The fraction of sp³-hybridized carbons (Fsp3) is 0.650. The van der Waals surface area contributed by atoms with Crippen molar-refractivity contribution in [2.24, 2.45) is 5.41 Å². The van der Waals surface area contributed by atoms with Crippen LogP contribution in [0.3, 0.4) is 0 Å². The summed E-state index contributed by atoms with van der Waals surface area (Å²) in [6, 6.07) is 7.36. The molecule has 0 aromatic heterocycles. The van der Waals surface area contributed by atoms with Gasteiger partial charge in [0.15, 0.2) is 0 Å². The van der Waals surface area contributed by atoms with Gasteiger partial charge in [-0.15, -0.1) is 0 Å². The Kier molecular flexibility index (Phi) is 6.32. The third-order valence-electron chi connectivity index (χ3n) is 5.53. The Bertz CT molecular complexity index is 564. The standard InChI is InChI=1S/C20H30N2O3/c1-24-18-7-5-6-17(14-18)19(23)21-15-20(8-3-2-4-9-20)16-22-10-12-25-13-11-22/h5-7,14H,2-4,8-13,15-16H2,1H3,(H,21,23). The van der Waals surface area contributed by atoms with Gasteiger partial charge in [0.05, 0.1) is 20.3 Å². The monoisotopic (exact) mass is 346 g/mol. The number of benzene rings is 1. The highest BCUT2D eigenvalue weighted by atomic mass is 16.5. The van der Waals surface area contributed by atoms with E-state index in [4.69, 9.17) is 9.47 Å². The van der Waals surface area contributed by atoms with Gasteiger partial charge in [-0.2, -0.15) is 0 Å². The maximum Gasteiger partial charge on any atom is 0.251 e. The molecule has 1 aromatic carbocycles. The van der Waals surface area contributed by atoms with E-state index in [1.165, 1.54) is 32.1 Å². The number of nitrogens with zero attached hydrogens (tertiary/aromatic N) is 1. The van der Waals surface area contributed by atoms with Crippen molar-refractivity contribution in [2.75, 3.05) is 46.5 Å². The normalized spacial score (nSPS) is 20.8. The number of amides is 1. The Morgan fingerprint density at radius 2 is 2.00 bits per heavy atom. The lowest BCUT2D eigenvalue weighted by Crippen LogP contribution is -2.49. The van der Waals surface area contributed by atoms with Gasteiger partial charge in [-0.25, -0.2) is 0 Å². The lowest BCUT2D eigenvalue weighted by molar-refractivity contribution is 0.00728. The number of hydrogen-bond acceptors (Lipinski definition) is 4. The van der Waals surface area contributed by atoms with Crippen LogP contribution >= 0.6 is 0 Å². The molecule has 2 aliphatic rings. The van der Waals surface area contributed by atoms with E-state index in [2.05, 4.69) is 10.2 Å². The number of morpholine rings is 1. The predicted molar refractivity (Wildman–Crippen MR) is 98.1 cm³/mol. The average Bonchev–Trinajstić information content (AvgIpc) is 2.68. The van der Waals surface area contributed by atoms with E-state index < -0.39 is 0 Å². The molecular formula is C20H30N2O3. The smallest absolute Gasteiger partial charge is 0.251 e. The van der Waals surface area contributed by atoms with E-state index in [1.54, 1.807) is 13.2 Å². The van der Waals surface area contributed by atoms with Crippen LogP contribution in [0.25, 0.3) is 0 Å². The summed E-state index contributed by atoms with van der Waals surface area (Å²) < 4.78 is 10.7. The number of ether oxygens (including phenoxy) is 2. The largest absolute Gasteiger partial charge is 0.497 e. The first kappa shape index (κ1) is 18.2. The molecule has 2 fully saturated rings. The number of nitrogens with one attached hydrogen (secondary N) is 1.